The number of carbonyl (C=O) groups excluding carboxylic acids is 4. The van der Waals surface area contributed by atoms with E-state index in [1.807, 2.05) is 26.0 Å². The van der Waals surface area contributed by atoms with Gasteiger partial charge in [0.05, 0.1) is 22.4 Å². The molecule has 0 bridgehead atoms. The lowest BCUT2D eigenvalue weighted by Gasteiger charge is -2.29. The first-order valence-corrected chi connectivity index (χ1v) is 11.3. The topological polar surface area (TPSA) is 92.8 Å². The van der Waals surface area contributed by atoms with E-state index in [2.05, 4.69) is 12.2 Å². The van der Waals surface area contributed by atoms with Crippen LogP contribution in [0.5, 0.6) is 0 Å². The molecular formula is C26H28N2O5. The van der Waals surface area contributed by atoms with Crippen molar-refractivity contribution in [1.29, 1.82) is 0 Å². The molecule has 0 aromatic heterocycles. The van der Waals surface area contributed by atoms with Gasteiger partial charge in [0.25, 0.3) is 17.7 Å². The number of nitrogens with zero attached hydrogens (tertiary/aromatic N) is 1. The Morgan fingerprint density at radius 3 is 2.48 bits per heavy atom. The first-order chi connectivity index (χ1) is 15.8. The van der Waals surface area contributed by atoms with Crippen molar-refractivity contribution in [2.75, 3.05) is 11.5 Å². The van der Waals surface area contributed by atoms with Crippen LogP contribution in [0.2, 0.25) is 0 Å². The van der Waals surface area contributed by atoms with Gasteiger partial charge in [-0.2, -0.15) is 0 Å². The van der Waals surface area contributed by atoms with Crippen LogP contribution in [0.25, 0.3) is 0 Å². The molecule has 1 fully saturated rings. The monoisotopic (exact) mass is 448 g/mol. The Hall–Kier alpha value is -3.48. The van der Waals surface area contributed by atoms with Crippen LogP contribution < -0.4 is 10.2 Å². The van der Waals surface area contributed by atoms with Crippen LogP contribution in [-0.4, -0.2) is 36.3 Å². The van der Waals surface area contributed by atoms with Crippen LogP contribution in [0.15, 0.2) is 36.4 Å². The number of hydrogen-bond donors (Lipinski definition) is 1. The summed E-state index contributed by atoms with van der Waals surface area (Å²) in [6.45, 7) is 5.45. The summed E-state index contributed by atoms with van der Waals surface area (Å²) in [6, 6.07) is 9.93. The molecule has 2 atom stereocenters. The lowest BCUT2D eigenvalue weighted by molar-refractivity contribution is -0.125. The molecule has 1 heterocycles. The summed E-state index contributed by atoms with van der Waals surface area (Å²) >= 11 is 0. The largest absolute Gasteiger partial charge is 0.452 e. The van der Waals surface area contributed by atoms with Gasteiger partial charge in [-0.3, -0.25) is 14.4 Å². The third-order valence-corrected chi connectivity index (χ3v) is 6.52. The highest BCUT2D eigenvalue weighted by molar-refractivity contribution is 6.35. The molecule has 1 N–H and O–H groups in total. The summed E-state index contributed by atoms with van der Waals surface area (Å²) in [7, 11) is 0. The van der Waals surface area contributed by atoms with Gasteiger partial charge < -0.3 is 10.1 Å². The van der Waals surface area contributed by atoms with E-state index in [1.54, 1.807) is 6.07 Å². The van der Waals surface area contributed by atoms with Crippen molar-refractivity contribution in [2.24, 2.45) is 5.92 Å². The van der Waals surface area contributed by atoms with E-state index in [1.165, 1.54) is 24.6 Å². The molecule has 2 aliphatic rings. The van der Waals surface area contributed by atoms with Crippen LogP contribution in [0.3, 0.4) is 0 Å². The minimum absolute atomic E-state index is 0.102. The Balaban J connectivity index is 1.45. The number of esters is 1. The number of anilines is 1. The minimum atomic E-state index is -0.713. The maximum Gasteiger partial charge on any atom is 0.338 e. The van der Waals surface area contributed by atoms with Crippen LogP contribution in [-0.2, 0) is 9.53 Å². The molecule has 0 spiro atoms. The average Bonchev–Trinajstić information content (AvgIpc) is 3.05. The van der Waals surface area contributed by atoms with Crippen molar-refractivity contribution in [3.8, 4) is 0 Å². The number of ether oxygens (including phenoxy) is 1. The van der Waals surface area contributed by atoms with Gasteiger partial charge in [0.1, 0.15) is 0 Å². The van der Waals surface area contributed by atoms with E-state index in [4.69, 9.17) is 4.74 Å². The average molecular weight is 449 g/mol. The number of carbonyl (C=O) groups is 4. The summed E-state index contributed by atoms with van der Waals surface area (Å²) in [5.41, 5.74) is 2.76. The van der Waals surface area contributed by atoms with Gasteiger partial charge >= 0.3 is 5.97 Å². The van der Waals surface area contributed by atoms with E-state index in [0.29, 0.717) is 11.6 Å². The molecule has 3 amide bonds. The second kappa shape index (κ2) is 9.17. The van der Waals surface area contributed by atoms with Crippen LogP contribution >= 0.6 is 0 Å². The third kappa shape index (κ3) is 4.53. The Morgan fingerprint density at radius 2 is 1.73 bits per heavy atom. The van der Waals surface area contributed by atoms with Gasteiger partial charge in [-0.1, -0.05) is 31.9 Å². The molecule has 2 aromatic carbocycles. The van der Waals surface area contributed by atoms with Crippen molar-refractivity contribution >= 4 is 29.4 Å². The predicted molar refractivity (Wildman–Crippen MR) is 123 cm³/mol. The number of fused-ring (bicyclic) bond motifs is 1. The SMILES string of the molecule is Cc1ccc(C)c(N2C(=O)c3ccc(C(=O)OCC(=O)N[C@@H]4CCCC[C@@H]4C)cc3C2=O)c1. The Kier molecular flexibility index (Phi) is 6.31. The molecule has 1 saturated carbocycles. The van der Waals surface area contributed by atoms with Crippen LogP contribution in [0.1, 0.15) is 74.8 Å². The summed E-state index contributed by atoms with van der Waals surface area (Å²) in [5, 5.41) is 2.94. The maximum absolute atomic E-state index is 13.1. The van der Waals surface area contributed by atoms with Crippen molar-refractivity contribution in [1.82, 2.24) is 5.32 Å². The first-order valence-electron chi connectivity index (χ1n) is 11.3. The molecule has 1 aliphatic heterocycles. The van der Waals surface area contributed by atoms with E-state index in [0.717, 1.165) is 35.3 Å². The fourth-order valence-electron chi connectivity index (χ4n) is 4.54. The van der Waals surface area contributed by atoms with Gasteiger partial charge in [-0.25, -0.2) is 9.69 Å². The van der Waals surface area contributed by atoms with Crippen molar-refractivity contribution < 1.29 is 23.9 Å². The van der Waals surface area contributed by atoms with E-state index in [-0.39, 0.29) is 35.2 Å². The standard InChI is InChI=1S/C26H28N2O5/c1-15-8-9-17(3)22(12-15)28-24(30)19-11-10-18(13-20(19)25(28)31)26(32)33-14-23(29)27-21-7-5-4-6-16(21)2/h8-13,16,21H,4-7,14H2,1-3H3,(H,27,29)/t16-,21+/m0/s1. The van der Waals surface area contributed by atoms with Crippen LogP contribution in [0.4, 0.5) is 5.69 Å². The first kappa shape index (κ1) is 22.7. The lowest BCUT2D eigenvalue weighted by atomic mass is 9.86. The molecule has 0 unspecified atom stereocenters. The summed E-state index contributed by atoms with van der Waals surface area (Å²) < 4.78 is 5.17. The van der Waals surface area contributed by atoms with Crippen molar-refractivity contribution in [3.05, 3.63) is 64.2 Å². The smallest absolute Gasteiger partial charge is 0.338 e. The number of benzene rings is 2. The highest BCUT2D eigenvalue weighted by atomic mass is 16.5. The van der Waals surface area contributed by atoms with E-state index >= 15 is 0 Å². The number of amides is 3. The second-order valence-electron chi connectivity index (χ2n) is 9.01. The number of hydrogen-bond acceptors (Lipinski definition) is 5. The zero-order chi connectivity index (χ0) is 23.7. The Bertz CT molecular complexity index is 1140. The molecule has 0 radical (unpaired) electrons. The molecule has 1 aliphatic carbocycles. The zero-order valence-corrected chi connectivity index (χ0v) is 19.1. The minimum Gasteiger partial charge on any atom is -0.452 e. The summed E-state index contributed by atoms with van der Waals surface area (Å²) in [5.74, 6) is -1.56. The van der Waals surface area contributed by atoms with Crippen LogP contribution in [0, 0.1) is 19.8 Å². The molecule has 7 heteroatoms. The molecule has 33 heavy (non-hydrogen) atoms. The van der Waals surface area contributed by atoms with Gasteiger partial charge in [0.2, 0.25) is 0 Å². The molecule has 0 saturated heterocycles. The van der Waals surface area contributed by atoms with Gasteiger partial charge in [0.15, 0.2) is 6.61 Å². The second-order valence-corrected chi connectivity index (χ2v) is 9.01. The summed E-state index contributed by atoms with van der Waals surface area (Å²) in [4.78, 5) is 51.9. The summed E-state index contributed by atoms with van der Waals surface area (Å²) in [6.07, 6.45) is 4.25. The fourth-order valence-corrected chi connectivity index (χ4v) is 4.54. The zero-order valence-electron chi connectivity index (χ0n) is 19.1. The number of imide groups is 1. The van der Waals surface area contributed by atoms with Gasteiger partial charge in [0, 0.05) is 6.04 Å². The highest BCUT2D eigenvalue weighted by Crippen LogP contribution is 2.32. The molecular weight excluding hydrogens is 420 g/mol. The highest BCUT2D eigenvalue weighted by Gasteiger charge is 2.38. The van der Waals surface area contributed by atoms with E-state index < -0.39 is 17.8 Å². The maximum atomic E-state index is 13.1. The number of rotatable bonds is 5. The van der Waals surface area contributed by atoms with Crippen molar-refractivity contribution in [3.63, 3.8) is 0 Å². The Morgan fingerprint density at radius 1 is 1.00 bits per heavy atom. The quantitative estimate of drug-likeness (QED) is 0.552. The normalized spacial score (nSPS) is 19.9. The van der Waals surface area contributed by atoms with Gasteiger partial charge in [-0.05, 0) is 68.0 Å². The third-order valence-electron chi connectivity index (χ3n) is 6.52. The molecule has 2 aromatic rings. The lowest BCUT2D eigenvalue weighted by Crippen LogP contribution is -2.42. The molecule has 4 rings (SSSR count). The molecule has 172 valence electrons. The van der Waals surface area contributed by atoms with Crippen molar-refractivity contribution in [2.45, 2.75) is 52.5 Å². The molecule has 7 nitrogen and oxygen atoms in total. The van der Waals surface area contributed by atoms with Gasteiger partial charge in [-0.15, -0.1) is 0 Å². The Labute approximate surface area is 193 Å². The number of aryl methyl sites for hydroxylation is 2. The van der Waals surface area contributed by atoms with E-state index in [9.17, 15) is 19.2 Å². The number of nitrogens with one attached hydrogen (secondary N) is 1. The fraction of sp³-hybridized carbons (Fsp3) is 0.385. The predicted octanol–water partition coefficient (Wildman–Crippen LogP) is 3.96.